The molecule has 0 unspecified atom stereocenters. The quantitative estimate of drug-likeness (QED) is 0.909. The minimum atomic E-state index is 0.128. The van der Waals surface area contributed by atoms with Crippen molar-refractivity contribution in [1.82, 2.24) is 4.98 Å². The van der Waals surface area contributed by atoms with E-state index in [0.717, 1.165) is 34.5 Å². The van der Waals surface area contributed by atoms with Crippen LogP contribution in [0.25, 0.3) is 10.9 Å². The van der Waals surface area contributed by atoms with Gasteiger partial charge in [0.05, 0.1) is 6.10 Å². The lowest BCUT2D eigenvalue weighted by molar-refractivity contribution is 0.245. The van der Waals surface area contributed by atoms with Crippen molar-refractivity contribution < 1.29 is 4.74 Å². The lowest BCUT2D eigenvalue weighted by atomic mass is 10.1. The Kier molecular flexibility index (Phi) is 4.45. The predicted octanol–water partition coefficient (Wildman–Crippen LogP) is 2.59. The molecule has 4 nitrogen and oxygen atoms in total. The van der Waals surface area contributed by atoms with E-state index < -0.39 is 0 Å². The Morgan fingerprint density at radius 2 is 2.05 bits per heavy atom. The minimum absolute atomic E-state index is 0.128. The number of nitrogens with zero attached hydrogens (tertiary/aromatic N) is 2. The largest absolute Gasteiger partial charge is 0.489 e. The molecule has 2 aromatic rings. The highest BCUT2D eigenvalue weighted by Crippen LogP contribution is 2.32. The first-order chi connectivity index (χ1) is 9.52. The first kappa shape index (κ1) is 14.6. The average Bonchev–Trinajstić information content (AvgIpc) is 2.38. The van der Waals surface area contributed by atoms with Crippen LogP contribution in [0.15, 0.2) is 24.3 Å². The Labute approximate surface area is 120 Å². The molecule has 1 aromatic carbocycles. The van der Waals surface area contributed by atoms with E-state index in [-0.39, 0.29) is 6.10 Å². The maximum atomic E-state index is 5.88. The molecule has 0 atom stereocenters. The van der Waals surface area contributed by atoms with Crippen LogP contribution in [-0.4, -0.2) is 31.7 Å². The minimum Gasteiger partial charge on any atom is -0.489 e. The Morgan fingerprint density at radius 1 is 1.30 bits per heavy atom. The summed E-state index contributed by atoms with van der Waals surface area (Å²) in [4.78, 5) is 6.83. The number of hydrogen-bond donors (Lipinski definition) is 1. The predicted molar refractivity (Wildman–Crippen MR) is 84.6 cm³/mol. The van der Waals surface area contributed by atoms with Crippen molar-refractivity contribution in [2.24, 2.45) is 5.73 Å². The molecule has 0 saturated carbocycles. The Balaban J connectivity index is 2.65. The summed E-state index contributed by atoms with van der Waals surface area (Å²) in [7, 11) is 4.08. The fourth-order valence-electron chi connectivity index (χ4n) is 2.25. The van der Waals surface area contributed by atoms with Crippen molar-refractivity contribution in [2.45, 2.75) is 26.4 Å². The van der Waals surface area contributed by atoms with Crippen molar-refractivity contribution in [3.8, 4) is 5.75 Å². The molecule has 108 valence electrons. The van der Waals surface area contributed by atoms with E-state index in [1.165, 1.54) is 0 Å². The molecule has 20 heavy (non-hydrogen) atoms. The molecule has 0 aliphatic heterocycles. The molecule has 0 bridgehead atoms. The zero-order valence-electron chi connectivity index (χ0n) is 12.7. The van der Waals surface area contributed by atoms with Gasteiger partial charge in [-0.3, -0.25) is 0 Å². The second-order valence-electron chi connectivity index (χ2n) is 5.38. The first-order valence-corrected chi connectivity index (χ1v) is 6.99. The molecule has 2 rings (SSSR count). The fraction of sp³-hybridized carbons (Fsp3) is 0.438. The molecular formula is C16H23N3O. The SMILES string of the molecule is CC(C)Oc1cccc2c(N(C)C)cc(CCN)nc12. The summed E-state index contributed by atoms with van der Waals surface area (Å²) < 4.78 is 5.88. The third-order valence-corrected chi connectivity index (χ3v) is 3.08. The molecule has 4 heteroatoms. The Morgan fingerprint density at radius 3 is 2.65 bits per heavy atom. The molecule has 1 heterocycles. The van der Waals surface area contributed by atoms with Crippen LogP contribution < -0.4 is 15.4 Å². The van der Waals surface area contributed by atoms with E-state index in [4.69, 9.17) is 15.5 Å². The van der Waals surface area contributed by atoms with Crippen molar-refractivity contribution in [3.63, 3.8) is 0 Å². The zero-order chi connectivity index (χ0) is 14.7. The van der Waals surface area contributed by atoms with Gasteiger partial charge in [-0.05, 0) is 32.5 Å². The van der Waals surface area contributed by atoms with Crippen LogP contribution >= 0.6 is 0 Å². The summed E-state index contributed by atoms with van der Waals surface area (Å²) in [6.45, 7) is 4.64. The number of fused-ring (bicyclic) bond motifs is 1. The smallest absolute Gasteiger partial charge is 0.145 e. The van der Waals surface area contributed by atoms with Gasteiger partial charge in [0.1, 0.15) is 11.3 Å². The van der Waals surface area contributed by atoms with Gasteiger partial charge in [-0.25, -0.2) is 4.98 Å². The molecule has 0 amide bonds. The Hall–Kier alpha value is -1.81. The van der Waals surface area contributed by atoms with Gasteiger partial charge in [-0.2, -0.15) is 0 Å². The molecule has 0 saturated heterocycles. The maximum Gasteiger partial charge on any atom is 0.145 e. The van der Waals surface area contributed by atoms with Crippen LogP contribution in [0, 0.1) is 0 Å². The first-order valence-electron chi connectivity index (χ1n) is 6.99. The summed E-state index contributed by atoms with van der Waals surface area (Å²) in [6, 6.07) is 8.17. The van der Waals surface area contributed by atoms with Gasteiger partial charge in [0.25, 0.3) is 0 Å². The summed E-state index contributed by atoms with van der Waals surface area (Å²) in [5.74, 6) is 0.833. The van der Waals surface area contributed by atoms with Crippen LogP contribution in [0.2, 0.25) is 0 Å². The number of hydrogen-bond acceptors (Lipinski definition) is 4. The third kappa shape index (κ3) is 3.02. The zero-order valence-corrected chi connectivity index (χ0v) is 12.7. The number of anilines is 1. The van der Waals surface area contributed by atoms with Gasteiger partial charge >= 0.3 is 0 Å². The average molecular weight is 273 g/mol. The second-order valence-corrected chi connectivity index (χ2v) is 5.38. The van der Waals surface area contributed by atoms with E-state index in [1.54, 1.807) is 0 Å². The highest BCUT2D eigenvalue weighted by molar-refractivity contribution is 5.95. The topological polar surface area (TPSA) is 51.4 Å². The van der Waals surface area contributed by atoms with E-state index in [9.17, 15) is 0 Å². The number of aromatic nitrogens is 1. The number of para-hydroxylation sites is 1. The molecule has 0 aliphatic carbocycles. The van der Waals surface area contributed by atoms with Gasteiger partial charge in [-0.1, -0.05) is 12.1 Å². The summed E-state index contributed by atoms with van der Waals surface area (Å²) in [6.07, 6.45) is 0.899. The van der Waals surface area contributed by atoms with E-state index in [0.29, 0.717) is 6.54 Å². The molecule has 0 spiro atoms. The van der Waals surface area contributed by atoms with Crippen LogP contribution in [0.4, 0.5) is 5.69 Å². The highest BCUT2D eigenvalue weighted by Gasteiger charge is 2.12. The van der Waals surface area contributed by atoms with Gasteiger partial charge in [0.2, 0.25) is 0 Å². The Bertz CT molecular complexity index is 594. The molecule has 0 fully saturated rings. The molecular weight excluding hydrogens is 250 g/mol. The van der Waals surface area contributed by atoms with Gasteiger partial charge in [-0.15, -0.1) is 0 Å². The van der Waals surface area contributed by atoms with Gasteiger partial charge in [0, 0.05) is 37.3 Å². The third-order valence-electron chi connectivity index (χ3n) is 3.08. The number of nitrogens with two attached hydrogens (primary N) is 1. The van der Waals surface area contributed by atoms with E-state index >= 15 is 0 Å². The van der Waals surface area contributed by atoms with Crippen molar-refractivity contribution in [3.05, 3.63) is 30.0 Å². The fourth-order valence-corrected chi connectivity index (χ4v) is 2.25. The maximum absolute atomic E-state index is 5.88. The molecule has 1 aromatic heterocycles. The van der Waals surface area contributed by atoms with E-state index in [1.807, 2.05) is 40.1 Å². The number of ether oxygens (including phenoxy) is 1. The summed E-state index contributed by atoms with van der Waals surface area (Å²) in [5.41, 5.74) is 8.73. The standard InChI is InChI=1S/C16H23N3O/c1-11(2)20-15-7-5-6-13-14(19(3)4)10-12(8-9-17)18-16(13)15/h5-7,10-11H,8-9,17H2,1-4H3. The lowest BCUT2D eigenvalue weighted by Crippen LogP contribution is -2.13. The van der Waals surface area contributed by atoms with Crippen LogP contribution in [-0.2, 0) is 6.42 Å². The second kappa shape index (κ2) is 6.09. The summed E-state index contributed by atoms with van der Waals surface area (Å²) >= 11 is 0. The number of rotatable bonds is 5. The lowest BCUT2D eigenvalue weighted by Gasteiger charge is -2.19. The molecule has 2 N–H and O–H groups in total. The normalized spacial score (nSPS) is 11.1. The van der Waals surface area contributed by atoms with Gasteiger partial charge in [0.15, 0.2) is 0 Å². The van der Waals surface area contributed by atoms with Crippen LogP contribution in [0.3, 0.4) is 0 Å². The number of benzene rings is 1. The monoisotopic (exact) mass is 273 g/mol. The van der Waals surface area contributed by atoms with Gasteiger partial charge < -0.3 is 15.4 Å². The summed E-state index contributed by atoms with van der Waals surface area (Å²) in [5, 5.41) is 1.11. The molecule has 0 radical (unpaired) electrons. The highest BCUT2D eigenvalue weighted by atomic mass is 16.5. The number of pyridine rings is 1. The van der Waals surface area contributed by atoms with Crippen molar-refractivity contribution in [1.29, 1.82) is 0 Å². The molecule has 0 aliphatic rings. The van der Waals surface area contributed by atoms with Crippen molar-refractivity contribution in [2.75, 3.05) is 25.5 Å². The van der Waals surface area contributed by atoms with E-state index in [2.05, 4.69) is 17.0 Å². The van der Waals surface area contributed by atoms with Crippen molar-refractivity contribution >= 4 is 16.6 Å². The van der Waals surface area contributed by atoms with Crippen LogP contribution in [0.5, 0.6) is 5.75 Å². The van der Waals surface area contributed by atoms with Crippen LogP contribution in [0.1, 0.15) is 19.5 Å².